The Morgan fingerprint density at radius 1 is 1.04 bits per heavy atom. The minimum absolute atomic E-state index is 0.0181. The first-order chi connectivity index (χ1) is 23.3. The number of thiocarbonyl (C=S) groups is 1. The number of thiazole rings is 1. The predicted octanol–water partition coefficient (Wildman–Crippen LogP) is 5.91. The summed E-state index contributed by atoms with van der Waals surface area (Å²) in [5.74, 6) is -0.336. The number of aliphatic hydroxyl groups is 1. The van der Waals surface area contributed by atoms with Crippen molar-refractivity contribution in [3.05, 3.63) is 78.7 Å². The summed E-state index contributed by atoms with van der Waals surface area (Å²) in [5, 5.41) is 9.53. The van der Waals surface area contributed by atoms with Crippen LogP contribution in [0.3, 0.4) is 0 Å². The fraction of sp³-hybridized carbons (Fsp3) is 0.459. The predicted molar refractivity (Wildman–Crippen MR) is 198 cm³/mol. The Morgan fingerprint density at radius 2 is 1.81 bits per heavy atom. The molecule has 2 atom stereocenters. The van der Waals surface area contributed by atoms with Crippen molar-refractivity contribution in [2.75, 3.05) is 18.1 Å². The maximum Gasteiger partial charge on any atom is 0.326 e. The number of hydrogen-bond acceptors (Lipinski definition) is 9. The number of fused-ring (bicyclic) bond motifs is 3. The van der Waals surface area contributed by atoms with Gasteiger partial charge in [0.15, 0.2) is 0 Å². The number of carbonyl (C=O) groups excluding carboxylic acids is 2. The molecule has 11 heteroatoms. The van der Waals surface area contributed by atoms with E-state index in [4.69, 9.17) is 17.0 Å². The molecular weight excluding hydrogens is 663 g/mol. The molecule has 8 nitrogen and oxygen atoms in total. The summed E-state index contributed by atoms with van der Waals surface area (Å²) in [5.41, 5.74) is 5.02. The van der Waals surface area contributed by atoms with Crippen LogP contribution in [0, 0.1) is 0 Å². The number of benzene rings is 2. The summed E-state index contributed by atoms with van der Waals surface area (Å²) in [6.07, 6.45) is 11.9. The van der Waals surface area contributed by atoms with Gasteiger partial charge in [0.2, 0.25) is 0 Å². The quantitative estimate of drug-likeness (QED) is 0.133. The highest BCUT2D eigenvalue weighted by Crippen LogP contribution is 2.52. The molecule has 1 saturated carbocycles. The maximum absolute atomic E-state index is 13.9. The average Bonchev–Trinajstić information content (AvgIpc) is 3.82. The molecule has 1 saturated heterocycles. The third-order valence-electron chi connectivity index (χ3n) is 9.50. The number of anilines is 2. The molecule has 48 heavy (non-hydrogen) atoms. The van der Waals surface area contributed by atoms with E-state index in [9.17, 15) is 19.5 Å². The third-order valence-corrected chi connectivity index (χ3v) is 12.2. The molecule has 2 aromatic carbocycles. The van der Waals surface area contributed by atoms with Gasteiger partial charge in [-0.25, -0.2) is 0 Å². The van der Waals surface area contributed by atoms with Crippen LogP contribution in [-0.4, -0.2) is 50.0 Å². The van der Waals surface area contributed by atoms with Crippen molar-refractivity contribution in [3.8, 4) is 0 Å². The van der Waals surface area contributed by atoms with E-state index in [1.165, 1.54) is 58.2 Å². The number of aromatic nitrogens is 1. The van der Waals surface area contributed by atoms with E-state index in [1.54, 1.807) is 11.8 Å². The average molecular weight is 706 g/mol. The molecule has 0 bridgehead atoms. The number of aliphatic hydroxyl groups excluding tert-OH is 1. The zero-order chi connectivity index (χ0) is 33.8. The van der Waals surface area contributed by atoms with E-state index >= 15 is 0 Å². The molecule has 2 aliphatic heterocycles. The van der Waals surface area contributed by atoms with E-state index in [2.05, 4.69) is 36.1 Å². The van der Waals surface area contributed by atoms with Gasteiger partial charge in [-0.3, -0.25) is 23.9 Å². The number of rotatable bonds is 13. The second-order valence-electron chi connectivity index (χ2n) is 12.7. The molecule has 1 aromatic heterocycles. The number of hydrogen-bond donors (Lipinski definition) is 1. The largest absolute Gasteiger partial charge is 0.465 e. The Balaban J connectivity index is 1.35. The van der Waals surface area contributed by atoms with Crippen LogP contribution in [0.2, 0.25) is 0 Å². The van der Waals surface area contributed by atoms with Crippen molar-refractivity contribution in [1.82, 2.24) is 9.47 Å². The molecule has 3 heterocycles. The van der Waals surface area contributed by atoms with Gasteiger partial charge in [-0.15, -0.1) is 11.3 Å². The molecule has 3 aliphatic rings. The SMILES string of the molecule is CCCCCCCCN1C(=O)C(=c2sc(=Cc3ccc4c(c3)C3CCCC3N4c3ccc(CO)cc3)c(=O)n2CC(=O)OCC)SC1=S. The lowest BCUT2D eigenvalue weighted by molar-refractivity contribution is -0.143. The van der Waals surface area contributed by atoms with Gasteiger partial charge >= 0.3 is 5.97 Å². The summed E-state index contributed by atoms with van der Waals surface area (Å²) in [6, 6.07) is 14.8. The first-order valence-electron chi connectivity index (χ1n) is 17.1. The topological polar surface area (TPSA) is 92.1 Å². The molecule has 0 spiro atoms. The van der Waals surface area contributed by atoms with E-state index < -0.39 is 5.97 Å². The van der Waals surface area contributed by atoms with Gasteiger partial charge in [0, 0.05) is 29.9 Å². The second-order valence-corrected chi connectivity index (χ2v) is 15.3. The number of amides is 1. The summed E-state index contributed by atoms with van der Waals surface area (Å²) in [4.78, 5) is 44.6. The van der Waals surface area contributed by atoms with Crippen LogP contribution < -0.4 is 19.7 Å². The summed E-state index contributed by atoms with van der Waals surface area (Å²) in [6.45, 7) is 4.41. The Labute approximate surface area is 295 Å². The number of ether oxygens (including phenoxy) is 1. The van der Waals surface area contributed by atoms with Crippen LogP contribution in [0.4, 0.5) is 11.4 Å². The number of carbonyl (C=O) groups is 2. The smallest absolute Gasteiger partial charge is 0.326 e. The monoisotopic (exact) mass is 705 g/mol. The first kappa shape index (κ1) is 34.6. The second kappa shape index (κ2) is 15.5. The number of thioether (sulfide) groups is 1. The van der Waals surface area contributed by atoms with Crippen molar-refractivity contribution >= 4 is 73.9 Å². The van der Waals surface area contributed by atoms with Gasteiger partial charge in [0.25, 0.3) is 11.5 Å². The van der Waals surface area contributed by atoms with Crippen LogP contribution in [0.15, 0.2) is 47.3 Å². The minimum Gasteiger partial charge on any atom is -0.465 e. The lowest BCUT2D eigenvalue weighted by atomic mass is 9.96. The first-order valence-corrected chi connectivity index (χ1v) is 19.2. The highest BCUT2D eigenvalue weighted by atomic mass is 32.2. The van der Waals surface area contributed by atoms with E-state index in [-0.39, 0.29) is 31.2 Å². The van der Waals surface area contributed by atoms with Gasteiger partial charge in [-0.1, -0.05) is 87.6 Å². The lowest BCUT2D eigenvalue weighted by Crippen LogP contribution is -2.36. The number of nitrogens with zero attached hydrogens (tertiary/aromatic N) is 3. The van der Waals surface area contributed by atoms with E-state index in [0.717, 1.165) is 55.3 Å². The number of esters is 1. The van der Waals surface area contributed by atoms with Crippen molar-refractivity contribution in [3.63, 3.8) is 0 Å². The fourth-order valence-electron chi connectivity index (χ4n) is 7.15. The van der Waals surface area contributed by atoms with Crippen LogP contribution in [0.25, 0.3) is 11.0 Å². The molecule has 3 aromatic rings. The molecule has 1 aliphatic carbocycles. The summed E-state index contributed by atoms with van der Waals surface area (Å²) < 4.78 is 7.96. The minimum atomic E-state index is -0.523. The van der Waals surface area contributed by atoms with E-state index in [1.807, 2.05) is 24.3 Å². The Morgan fingerprint density at radius 3 is 2.56 bits per heavy atom. The highest BCUT2D eigenvalue weighted by Gasteiger charge is 2.42. The third kappa shape index (κ3) is 7.06. The molecule has 6 rings (SSSR count). The molecule has 1 amide bonds. The molecular formula is C37H43N3O5S3. The van der Waals surface area contributed by atoms with Gasteiger partial charge < -0.3 is 14.7 Å². The summed E-state index contributed by atoms with van der Waals surface area (Å²) >= 11 is 8.06. The normalized spacial score (nSPS) is 20.2. The van der Waals surface area contributed by atoms with Crippen molar-refractivity contribution in [2.45, 2.75) is 96.7 Å². The van der Waals surface area contributed by atoms with Gasteiger partial charge in [0.05, 0.1) is 17.7 Å². The molecule has 0 radical (unpaired) electrons. The fourth-order valence-corrected chi connectivity index (χ4v) is 9.72. The molecule has 254 valence electrons. The van der Waals surface area contributed by atoms with Crippen molar-refractivity contribution in [2.24, 2.45) is 0 Å². The Kier molecular flexibility index (Phi) is 11.2. The van der Waals surface area contributed by atoms with Crippen molar-refractivity contribution in [1.29, 1.82) is 0 Å². The molecule has 1 N–H and O–H groups in total. The van der Waals surface area contributed by atoms with Crippen LogP contribution in [0.1, 0.15) is 94.2 Å². The zero-order valence-corrected chi connectivity index (χ0v) is 30.1. The Bertz CT molecular complexity index is 1870. The standard InChI is InChI=1S/C37H43N3O5S3/c1-3-5-6-7-8-9-19-38-35(44)33(48-37(38)46)36-39(22-32(42)45-4-2)34(43)31(47-36)21-25-15-18-30-28(20-25)27-11-10-12-29(27)40(30)26-16-13-24(23-41)14-17-26/h13-18,20-21,27,29,41H,3-12,19,22-23H2,1-2H3. The van der Waals surface area contributed by atoms with Gasteiger partial charge in [-0.05, 0) is 73.2 Å². The number of unbranched alkanes of at least 4 members (excludes halogenated alkanes) is 5. The van der Waals surface area contributed by atoms with Gasteiger partial charge in [-0.2, -0.15) is 0 Å². The van der Waals surface area contributed by atoms with Crippen LogP contribution in [-0.2, 0) is 27.5 Å². The Hall–Kier alpha value is -3.25. The molecule has 2 fully saturated rings. The van der Waals surface area contributed by atoms with Gasteiger partial charge in [0.1, 0.15) is 20.4 Å². The highest BCUT2D eigenvalue weighted by molar-refractivity contribution is 8.30. The molecule has 2 unspecified atom stereocenters. The van der Waals surface area contributed by atoms with Crippen LogP contribution in [0.5, 0.6) is 0 Å². The van der Waals surface area contributed by atoms with E-state index in [0.29, 0.717) is 36.9 Å². The zero-order valence-electron chi connectivity index (χ0n) is 27.6. The van der Waals surface area contributed by atoms with Crippen LogP contribution >= 0.6 is 35.3 Å². The maximum atomic E-state index is 13.9. The lowest BCUT2D eigenvalue weighted by Gasteiger charge is -2.27. The van der Waals surface area contributed by atoms with Crippen molar-refractivity contribution < 1.29 is 19.4 Å². The summed E-state index contributed by atoms with van der Waals surface area (Å²) in [7, 11) is 0.